The molecule has 5 rings (SSSR count). The van der Waals surface area contributed by atoms with Gasteiger partial charge >= 0.3 is 0 Å². The van der Waals surface area contributed by atoms with Crippen LogP contribution in [-0.4, -0.2) is 62.5 Å². The van der Waals surface area contributed by atoms with Crippen LogP contribution in [0.3, 0.4) is 0 Å². The number of aliphatic hydroxyl groups is 1. The lowest BCUT2D eigenvalue weighted by atomic mass is 10.2. The van der Waals surface area contributed by atoms with Gasteiger partial charge in [0.25, 0.3) is 0 Å². The quantitative estimate of drug-likeness (QED) is 0.322. The molecule has 0 bridgehead atoms. The van der Waals surface area contributed by atoms with Crippen LogP contribution >= 0.6 is 11.8 Å². The zero-order chi connectivity index (χ0) is 20.3. The molecule has 8 heteroatoms. The predicted molar refractivity (Wildman–Crippen MR) is 122 cm³/mol. The van der Waals surface area contributed by atoms with E-state index in [0.717, 1.165) is 30.8 Å². The van der Waals surface area contributed by atoms with Crippen LogP contribution in [0.1, 0.15) is 6.42 Å². The highest BCUT2D eigenvalue weighted by atomic mass is 35.5. The van der Waals surface area contributed by atoms with Gasteiger partial charge in [-0.1, -0.05) is 42.1 Å². The van der Waals surface area contributed by atoms with Gasteiger partial charge in [-0.25, -0.2) is 4.98 Å². The summed E-state index contributed by atoms with van der Waals surface area (Å²) < 4.78 is 0. The van der Waals surface area contributed by atoms with Crippen molar-refractivity contribution in [1.29, 1.82) is 0 Å². The topological polar surface area (TPSA) is 45.2 Å². The van der Waals surface area contributed by atoms with Gasteiger partial charge in [0, 0.05) is 23.2 Å². The number of aromatic nitrogens is 1. The van der Waals surface area contributed by atoms with E-state index in [0.29, 0.717) is 6.61 Å². The van der Waals surface area contributed by atoms with Gasteiger partial charge in [-0.15, -0.1) is 0 Å². The molecule has 2 aromatic carbocycles. The van der Waals surface area contributed by atoms with Crippen LogP contribution in [0.4, 0.5) is 11.5 Å². The summed E-state index contributed by atoms with van der Waals surface area (Å²) in [7, 11) is 0. The number of piperazine rings is 1. The van der Waals surface area contributed by atoms with Gasteiger partial charge in [-0.2, -0.15) is 0 Å². The van der Waals surface area contributed by atoms with Gasteiger partial charge in [-0.05, 0) is 24.3 Å². The van der Waals surface area contributed by atoms with Crippen molar-refractivity contribution in [2.45, 2.75) is 16.2 Å². The standard InChI is InChI=1S/C24H28N4OS.2ClH/c29-17-16-27-14-12-26(13-15-27)10-5-11-28-21-8-3-4-9-22(21)30-23-18-19-6-1-2-7-20(19)25-24(23)28;;/h1-4,6-9,18,29H,5,10-17H2;2*1H. The van der Waals surface area contributed by atoms with Crippen LogP contribution in [-0.2, 0) is 0 Å². The molecule has 1 saturated heterocycles. The number of hydrogen-bond donors (Lipinski definition) is 3. The fraction of sp³-hybridized carbons (Fsp3) is 0.375. The molecule has 5 nitrogen and oxygen atoms in total. The molecule has 0 spiro atoms. The van der Waals surface area contributed by atoms with Crippen molar-refractivity contribution in [3.05, 3.63) is 54.6 Å². The molecule has 0 radical (unpaired) electrons. The molecule has 0 saturated carbocycles. The van der Waals surface area contributed by atoms with E-state index in [1.807, 2.05) is 11.8 Å². The Balaban J connectivity index is 0.00000144. The number of anilines is 2. The molecular formula is C24H30Cl2N4OS. The second-order valence-corrected chi connectivity index (χ2v) is 9.39. The number of quaternary nitrogens is 2. The monoisotopic (exact) mass is 492 g/mol. The Morgan fingerprint density at radius 3 is 2.34 bits per heavy atom. The summed E-state index contributed by atoms with van der Waals surface area (Å²) in [6, 6.07) is 19.4. The summed E-state index contributed by atoms with van der Waals surface area (Å²) in [6.45, 7) is 8.16. The number of hydrogen-bond acceptors (Lipinski definition) is 4. The molecule has 2 aliphatic heterocycles. The molecule has 3 N–H and O–H groups in total. The average molecular weight is 494 g/mol. The molecule has 2 aliphatic rings. The van der Waals surface area contributed by atoms with Crippen LogP contribution < -0.4 is 39.5 Å². The minimum Gasteiger partial charge on any atom is -1.00 e. The Labute approximate surface area is 206 Å². The van der Waals surface area contributed by atoms with E-state index in [2.05, 4.69) is 59.5 Å². The van der Waals surface area contributed by atoms with Crippen molar-refractivity contribution in [2.24, 2.45) is 0 Å². The molecule has 0 amide bonds. The van der Waals surface area contributed by atoms with Gasteiger partial charge in [0.2, 0.25) is 0 Å². The van der Waals surface area contributed by atoms with Gasteiger partial charge < -0.3 is 44.6 Å². The summed E-state index contributed by atoms with van der Waals surface area (Å²) in [6.07, 6.45) is 1.15. The van der Waals surface area contributed by atoms with E-state index in [4.69, 9.17) is 10.1 Å². The number of fused-ring (bicyclic) bond motifs is 3. The fourth-order valence-electron chi connectivity index (χ4n) is 4.68. The summed E-state index contributed by atoms with van der Waals surface area (Å²) in [4.78, 5) is 13.3. The number of pyridine rings is 1. The normalized spacial score (nSPS) is 19.5. The lowest BCUT2D eigenvalue weighted by Gasteiger charge is -2.33. The maximum absolute atomic E-state index is 9.16. The molecule has 172 valence electrons. The minimum absolute atomic E-state index is 0. The van der Waals surface area contributed by atoms with Crippen LogP contribution in [0, 0.1) is 0 Å². The first-order chi connectivity index (χ1) is 14.8. The van der Waals surface area contributed by atoms with Crippen molar-refractivity contribution in [3.63, 3.8) is 0 Å². The summed E-state index contributed by atoms with van der Waals surface area (Å²) in [5.74, 6) is 1.10. The zero-order valence-corrected chi connectivity index (χ0v) is 20.4. The zero-order valence-electron chi connectivity index (χ0n) is 18.1. The number of rotatable bonds is 6. The lowest BCUT2D eigenvalue weighted by molar-refractivity contribution is -1.01. The van der Waals surface area contributed by atoms with E-state index in [1.54, 1.807) is 9.80 Å². The van der Waals surface area contributed by atoms with Crippen molar-refractivity contribution in [2.75, 3.05) is 57.3 Å². The minimum atomic E-state index is 0. The third kappa shape index (κ3) is 5.33. The number of halogens is 2. The van der Waals surface area contributed by atoms with E-state index in [1.165, 1.54) is 53.6 Å². The van der Waals surface area contributed by atoms with Crippen LogP contribution in [0.5, 0.6) is 0 Å². The third-order valence-electron chi connectivity index (χ3n) is 6.34. The largest absolute Gasteiger partial charge is 1.00 e. The Kier molecular flexibility index (Phi) is 9.05. The SMILES string of the molecule is OCC[NH+]1CC[NH+](CCCN2c3ccccc3Sc3cc4ccccc4nc32)CC1.[Cl-].[Cl-]. The van der Waals surface area contributed by atoms with Crippen LogP contribution in [0.15, 0.2) is 64.4 Å². The van der Waals surface area contributed by atoms with Crippen molar-refractivity contribution < 1.29 is 39.7 Å². The summed E-state index contributed by atoms with van der Waals surface area (Å²) >= 11 is 1.83. The van der Waals surface area contributed by atoms with Crippen LogP contribution in [0.25, 0.3) is 10.9 Å². The highest BCUT2D eigenvalue weighted by molar-refractivity contribution is 7.99. The molecule has 0 atom stereocenters. The molecule has 32 heavy (non-hydrogen) atoms. The number of nitrogens with one attached hydrogen (secondary N) is 2. The Morgan fingerprint density at radius 1 is 0.875 bits per heavy atom. The van der Waals surface area contributed by atoms with Crippen molar-refractivity contribution in [1.82, 2.24) is 4.98 Å². The maximum Gasteiger partial charge on any atom is 0.147 e. The van der Waals surface area contributed by atoms with Crippen LogP contribution in [0.2, 0.25) is 0 Å². The second kappa shape index (κ2) is 11.5. The number of para-hydroxylation sites is 2. The molecular weight excluding hydrogens is 463 g/mol. The molecule has 1 fully saturated rings. The first-order valence-electron chi connectivity index (χ1n) is 11.0. The number of nitrogens with zero attached hydrogens (tertiary/aromatic N) is 2. The Hall–Kier alpha value is -1.54. The van der Waals surface area contributed by atoms with E-state index >= 15 is 0 Å². The smallest absolute Gasteiger partial charge is 0.147 e. The van der Waals surface area contributed by atoms with Gasteiger partial charge in [-0.3, -0.25) is 0 Å². The molecule has 0 aliphatic carbocycles. The molecule has 3 aromatic rings. The summed E-state index contributed by atoms with van der Waals surface area (Å²) in [5.41, 5.74) is 2.35. The molecule has 3 heterocycles. The maximum atomic E-state index is 9.16. The van der Waals surface area contributed by atoms with Crippen molar-refractivity contribution in [3.8, 4) is 0 Å². The van der Waals surface area contributed by atoms with Gasteiger partial charge in [0.1, 0.15) is 38.5 Å². The Morgan fingerprint density at radius 2 is 1.56 bits per heavy atom. The van der Waals surface area contributed by atoms with Gasteiger partial charge in [0.05, 0.1) is 29.3 Å². The highest BCUT2D eigenvalue weighted by Crippen LogP contribution is 2.47. The lowest BCUT2D eigenvalue weighted by Crippen LogP contribution is -3.28. The molecule has 0 unspecified atom stereocenters. The fourth-order valence-corrected chi connectivity index (χ4v) is 5.78. The average Bonchev–Trinajstić information content (AvgIpc) is 2.79. The Bertz CT molecular complexity index is 1030. The first kappa shape index (κ1) is 25.1. The van der Waals surface area contributed by atoms with E-state index in [9.17, 15) is 0 Å². The second-order valence-electron chi connectivity index (χ2n) is 8.30. The summed E-state index contributed by atoms with van der Waals surface area (Å²) in [5, 5.41) is 10.4. The number of aliphatic hydroxyl groups excluding tert-OH is 1. The number of benzene rings is 2. The highest BCUT2D eigenvalue weighted by Gasteiger charge is 2.26. The van der Waals surface area contributed by atoms with E-state index in [-0.39, 0.29) is 24.8 Å². The molecule has 1 aromatic heterocycles. The predicted octanol–water partition coefficient (Wildman–Crippen LogP) is -4.99. The van der Waals surface area contributed by atoms with Gasteiger partial charge in [0.15, 0.2) is 0 Å². The third-order valence-corrected chi connectivity index (χ3v) is 7.43. The van der Waals surface area contributed by atoms with E-state index < -0.39 is 0 Å². The first-order valence-corrected chi connectivity index (χ1v) is 11.9. The van der Waals surface area contributed by atoms with Crippen molar-refractivity contribution >= 4 is 34.2 Å².